The monoisotopic (exact) mass is 647 g/mol. The molecule has 0 radical (unpaired) electrons. The molecule has 14 heteroatoms. The zero-order valence-electron chi connectivity index (χ0n) is 27.9. The Bertz CT molecular complexity index is 1630. The van der Waals surface area contributed by atoms with Crippen LogP contribution in [-0.4, -0.2) is 104 Å². The average Bonchev–Trinajstić information content (AvgIpc) is 3.68. The minimum Gasteiger partial charge on any atom is -0.444 e. The average molecular weight is 648 g/mol. The summed E-state index contributed by atoms with van der Waals surface area (Å²) in [5.74, 6) is 0.536. The molecular formula is C32H45N9O4Si. The van der Waals surface area contributed by atoms with Gasteiger partial charge in [-0.25, -0.2) is 19.1 Å². The summed E-state index contributed by atoms with van der Waals surface area (Å²) in [7, 11) is 0.783. The highest BCUT2D eigenvalue weighted by Crippen LogP contribution is 2.34. The van der Waals surface area contributed by atoms with Crippen LogP contribution in [0.2, 0.25) is 25.7 Å². The van der Waals surface area contributed by atoms with E-state index in [-0.39, 0.29) is 24.2 Å². The lowest BCUT2D eigenvalue weighted by atomic mass is 9.89. The van der Waals surface area contributed by atoms with Gasteiger partial charge in [-0.05, 0) is 57.9 Å². The number of morpholine rings is 1. The number of hydrogen-bond donors (Lipinski definition) is 0. The molecule has 3 atom stereocenters. The fraction of sp³-hybridized carbons (Fsp3) is 0.562. The number of carbonyl (C=O) groups excluding carboxylic acids is 1. The highest BCUT2D eigenvalue weighted by atomic mass is 28.3. The number of fused-ring (bicyclic) bond motifs is 3. The predicted molar refractivity (Wildman–Crippen MR) is 178 cm³/mol. The van der Waals surface area contributed by atoms with Crippen LogP contribution in [0.3, 0.4) is 0 Å². The molecule has 13 nitrogen and oxygen atoms in total. The molecule has 5 heterocycles. The number of aromatic nitrogens is 7. The van der Waals surface area contributed by atoms with Crippen molar-refractivity contribution in [3.8, 4) is 16.9 Å². The summed E-state index contributed by atoms with van der Waals surface area (Å²) in [6.45, 7) is 14.7. The van der Waals surface area contributed by atoms with Crippen LogP contribution >= 0.6 is 0 Å². The number of carbonyl (C=O) groups is 1. The van der Waals surface area contributed by atoms with Gasteiger partial charge in [-0.2, -0.15) is 10.2 Å². The Hall–Kier alpha value is -3.88. The van der Waals surface area contributed by atoms with E-state index in [1.165, 1.54) is 0 Å². The topological polar surface area (TPSA) is 126 Å². The second-order valence-electron chi connectivity index (χ2n) is 14.4. The van der Waals surface area contributed by atoms with Gasteiger partial charge >= 0.3 is 6.09 Å². The van der Waals surface area contributed by atoms with Gasteiger partial charge in [0.05, 0.1) is 48.9 Å². The number of amides is 1. The summed E-state index contributed by atoms with van der Waals surface area (Å²) in [5.41, 5.74) is 2.79. The van der Waals surface area contributed by atoms with Gasteiger partial charge in [-0.15, -0.1) is 10.2 Å². The Labute approximate surface area is 270 Å². The lowest BCUT2D eigenvalue weighted by Gasteiger charge is -2.49. The molecule has 2 fully saturated rings. The smallest absolute Gasteiger partial charge is 0.410 e. The van der Waals surface area contributed by atoms with Crippen LogP contribution in [0, 0.1) is 0 Å². The molecule has 2 saturated heterocycles. The summed E-state index contributed by atoms with van der Waals surface area (Å²) in [6.07, 6.45) is 8.47. The number of nitrogens with zero attached hydrogens (tertiary/aromatic N) is 9. The molecule has 246 valence electrons. The number of ether oxygens (including phenoxy) is 3. The minimum atomic E-state index is -1.21. The van der Waals surface area contributed by atoms with Crippen molar-refractivity contribution in [3.63, 3.8) is 0 Å². The maximum atomic E-state index is 13.0. The van der Waals surface area contributed by atoms with Gasteiger partial charge in [0.2, 0.25) is 5.95 Å². The van der Waals surface area contributed by atoms with E-state index in [9.17, 15) is 4.79 Å². The first-order valence-electron chi connectivity index (χ1n) is 16.0. The van der Waals surface area contributed by atoms with Crippen molar-refractivity contribution < 1.29 is 19.0 Å². The van der Waals surface area contributed by atoms with Gasteiger partial charge in [0.25, 0.3) is 0 Å². The van der Waals surface area contributed by atoms with Crippen LogP contribution in [0.4, 0.5) is 10.7 Å². The number of anilines is 1. The standard InChI is InChI=1S/C32H45N9O4Si/c1-32(2,3)45-31(42)41-23-15-22(16-24(41)20-44-19-23)38(4)30-33-18-27(36-37-30)25-9-10-28(39-12-8-11-34-39)29-26(25)17-35-40(29)21-43-13-14-46(5,6)7/h8-12,17-18,22-24H,13-16,19-21H2,1-7H3/t22?,23-,24+. The summed E-state index contributed by atoms with van der Waals surface area (Å²) in [6, 6.07) is 7.01. The molecule has 4 aromatic rings. The normalized spacial score (nSPS) is 20.2. The van der Waals surface area contributed by atoms with E-state index >= 15 is 0 Å². The van der Waals surface area contributed by atoms with Crippen molar-refractivity contribution in [2.75, 3.05) is 31.8 Å². The highest BCUT2D eigenvalue weighted by molar-refractivity contribution is 6.76. The van der Waals surface area contributed by atoms with Gasteiger partial charge in [0, 0.05) is 51.1 Å². The summed E-state index contributed by atoms with van der Waals surface area (Å²) in [4.78, 5) is 21.7. The maximum Gasteiger partial charge on any atom is 0.410 e. The summed E-state index contributed by atoms with van der Waals surface area (Å²) < 4.78 is 21.3. The third-order valence-corrected chi connectivity index (χ3v) is 10.2. The first-order chi connectivity index (χ1) is 21.9. The molecule has 0 saturated carbocycles. The van der Waals surface area contributed by atoms with E-state index < -0.39 is 13.7 Å². The molecule has 0 N–H and O–H groups in total. The van der Waals surface area contributed by atoms with Crippen molar-refractivity contribution in [1.29, 1.82) is 0 Å². The molecule has 2 aliphatic rings. The van der Waals surface area contributed by atoms with Crippen molar-refractivity contribution >= 4 is 31.0 Å². The molecule has 2 bridgehead atoms. The van der Waals surface area contributed by atoms with E-state index in [0.29, 0.717) is 38.2 Å². The first kappa shape index (κ1) is 32.1. The van der Waals surface area contributed by atoms with E-state index in [1.54, 1.807) is 12.4 Å². The SMILES string of the molecule is CN(c1ncc(-c2ccc(-n3cccn3)c3c2cnn3COCC[Si](C)(C)C)nn1)C1C[C@H]2COC[C@@H](C1)N2C(=O)OC(C)(C)C. The molecule has 1 amide bonds. The van der Waals surface area contributed by atoms with E-state index in [2.05, 4.69) is 39.8 Å². The first-order valence-corrected chi connectivity index (χ1v) is 19.7. The quantitative estimate of drug-likeness (QED) is 0.181. The largest absolute Gasteiger partial charge is 0.444 e. The van der Waals surface area contributed by atoms with Crippen molar-refractivity contribution in [3.05, 3.63) is 43.0 Å². The van der Waals surface area contributed by atoms with Gasteiger partial charge in [-0.1, -0.05) is 19.6 Å². The Morgan fingerprint density at radius 2 is 1.85 bits per heavy atom. The van der Waals surface area contributed by atoms with Crippen molar-refractivity contribution in [2.45, 2.75) is 89.8 Å². The van der Waals surface area contributed by atoms with E-state index in [4.69, 9.17) is 24.3 Å². The van der Waals surface area contributed by atoms with Crippen LogP contribution in [0.15, 0.2) is 43.0 Å². The number of rotatable bonds is 9. The Morgan fingerprint density at radius 1 is 1.09 bits per heavy atom. The highest BCUT2D eigenvalue weighted by Gasteiger charge is 2.44. The maximum absolute atomic E-state index is 13.0. The molecule has 0 aliphatic carbocycles. The Kier molecular flexibility index (Phi) is 8.87. The zero-order valence-corrected chi connectivity index (χ0v) is 28.9. The number of benzene rings is 1. The van der Waals surface area contributed by atoms with Crippen LogP contribution in [-0.2, 0) is 20.9 Å². The van der Waals surface area contributed by atoms with E-state index in [1.807, 2.05) is 72.7 Å². The van der Waals surface area contributed by atoms with Crippen LogP contribution in [0.5, 0.6) is 0 Å². The van der Waals surface area contributed by atoms with Crippen LogP contribution < -0.4 is 4.90 Å². The minimum absolute atomic E-state index is 0.0697. The van der Waals surface area contributed by atoms with Gasteiger partial charge in [-0.3, -0.25) is 4.90 Å². The van der Waals surface area contributed by atoms with Crippen molar-refractivity contribution in [2.24, 2.45) is 0 Å². The number of hydrogen-bond acceptors (Lipinski definition) is 10. The second-order valence-corrected chi connectivity index (χ2v) is 20.1. The summed E-state index contributed by atoms with van der Waals surface area (Å²) >= 11 is 0. The predicted octanol–water partition coefficient (Wildman–Crippen LogP) is 4.99. The fourth-order valence-corrected chi connectivity index (χ4v) is 6.92. The van der Waals surface area contributed by atoms with Gasteiger partial charge < -0.3 is 19.1 Å². The summed E-state index contributed by atoms with van der Waals surface area (Å²) in [5, 5.41) is 19.3. The van der Waals surface area contributed by atoms with Gasteiger partial charge in [0.15, 0.2) is 0 Å². The van der Waals surface area contributed by atoms with E-state index in [0.717, 1.165) is 41.0 Å². The molecule has 1 aromatic carbocycles. The Balaban J connectivity index is 1.21. The molecule has 0 spiro atoms. The molecule has 46 heavy (non-hydrogen) atoms. The zero-order chi connectivity index (χ0) is 32.6. The molecule has 1 unspecified atom stereocenters. The number of piperidine rings is 1. The van der Waals surface area contributed by atoms with Gasteiger partial charge in [0.1, 0.15) is 18.0 Å². The van der Waals surface area contributed by atoms with Crippen LogP contribution in [0.25, 0.3) is 27.8 Å². The molecule has 6 rings (SSSR count). The molecular weight excluding hydrogens is 602 g/mol. The fourth-order valence-electron chi connectivity index (χ4n) is 6.16. The lowest BCUT2D eigenvalue weighted by molar-refractivity contribution is -0.0820. The molecule has 3 aromatic heterocycles. The molecule has 2 aliphatic heterocycles. The van der Waals surface area contributed by atoms with Crippen molar-refractivity contribution in [1.82, 2.24) is 39.6 Å². The van der Waals surface area contributed by atoms with Crippen LogP contribution in [0.1, 0.15) is 33.6 Å². The second kappa shape index (κ2) is 12.7. The third-order valence-electron chi connectivity index (χ3n) is 8.53. The lowest BCUT2D eigenvalue weighted by Crippen LogP contribution is -2.62. The Morgan fingerprint density at radius 3 is 2.48 bits per heavy atom. The third kappa shape index (κ3) is 6.93.